The van der Waals surface area contributed by atoms with Crippen molar-refractivity contribution in [3.05, 3.63) is 29.3 Å². The van der Waals surface area contributed by atoms with Crippen LogP contribution < -0.4 is 5.32 Å². The van der Waals surface area contributed by atoms with Crippen LogP contribution in [0.1, 0.15) is 22.3 Å². The highest BCUT2D eigenvalue weighted by Crippen LogP contribution is 2.15. The average molecular weight is 294 g/mol. The number of nitrogens with zero attached hydrogens (tertiary/aromatic N) is 1. The summed E-state index contributed by atoms with van der Waals surface area (Å²) in [4.78, 5) is 35.2. The summed E-state index contributed by atoms with van der Waals surface area (Å²) in [6, 6.07) is 4.20. The molecule has 7 heteroatoms. The van der Waals surface area contributed by atoms with Crippen molar-refractivity contribution in [3.63, 3.8) is 0 Å². The lowest BCUT2D eigenvalue weighted by Crippen LogP contribution is -2.33. The number of methoxy groups -OCH3 is 1. The number of aromatic carboxylic acids is 1. The fraction of sp³-hybridized carbons (Fsp3) is 0.357. The molecule has 0 radical (unpaired) electrons. The van der Waals surface area contributed by atoms with Gasteiger partial charge in [0.1, 0.15) is 0 Å². The molecule has 0 spiro atoms. The molecule has 0 aromatic heterocycles. The van der Waals surface area contributed by atoms with Crippen molar-refractivity contribution in [1.29, 1.82) is 0 Å². The third kappa shape index (κ3) is 4.79. The van der Waals surface area contributed by atoms with Crippen LogP contribution in [0, 0.1) is 6.92 Å². The van der Waals surface area contributed by atoms with Gasteiger partial charge in [-0.2, -0.15) is 0 Å². The molecule has 114 valence electrons. The van der Waals surface area contributed by atoms with Gasteiger partial charge in [0.2, 0.25) is 0 Å². The Kier molecular flexibility index (Phi) is 5.71. The zero-order chi connectivity index (χ0) is 16.0. The van der Waals surface area contributed by atoms with E-state index < -0.39 is 18.0 Å². The monoisotopic (exact) mass is 294 g/mol. The molecule has 1 aromatic rings. The minimum Gasteiger partial charge on any atom is -0.478 e. The minimum atomic E-state index is -1.05. The van der Waals surface area contributed by atoms with Crippen molar-refractivity contribution in [2.45, 2.75) is 13.3 Å². The van der Waals surface area contributed by atoms with Gasteiger partial charge < -0.3 is 20.1 Å². The van der Waals surface area contributed by atoms with Gasteiger partial charge in [-0.15, -0.1) is 0 Å². The van der Waals surface area contributed by atoms with E-state index >= 15 is 0 Å². The van der Waals surface area contributed by atoms with Crippen molar-refractivity contribution in [2.24, 2.45) is 0 Å². The second kappa shape index (κ2) is 7.28. The summed E-state index contributed by atoms with van der Waals surface area (Å²) < 4.78 is 4.49. The minimum absolute atomic E-state index is 0.0920. The first kappa shape index (κ1) is 16.5. The van der Waals surface area contributed by atoms with Gasteiger partial charge in [-0.25, -0.2) is 9.59 Å². The second-order valence-corrected chi connectivity index (χ2v) is 4.51. The number of carbonyl (C=O) groups excluding carboxylic acids is 2. The van der Waals surface area contributed by atoms with E-state index in [1.54, 1.807) is 19.1 Å². The van der Waals surface area contributed by atoms with E-state index in [-0.39, 0.29) is 18.5 Å². The molecule has 0 bridgehead atoms. The molecule has 0 saturated heterocycles. The fourth-order valence-electron chi connectivity index (χ4n) is 1.61. The van der Waals surface area contributed by atoms with E-state index in [1.165, 1.54) is 25.1 Å². The number of rotatable bonds is 5. The molecule has 0 aliphatic heterocycles. The number of hydrogen-bond donors (Lipinski definition) is 2. The highest BCUT2D eigenvalue weighted by Gasteiger charge is 2.13. The number of aryl methyl sites for hydroxylation is 1. The Morgan fingerprint density at radius 2 is 2.00 bits per heavy atom. The number of benzene rings is 1. The first-order valence-corrected chi connectivity index (χ1v) is 6.28. The second-order valence-electron chi connectivity index (χ2n) is 4.51. The maximum absolute atomic E-state index is 11.9. The van der Waals surface area contributed by atoms with Gasteiger partial charge in [0.25, 0.3) is 0 Å². The lowest BCUT2D eigenvalue weighted by Gasteiger charge is -2.17. The van der Waals surface area contributed by atoms with Gasteiger partial charge in [0.05, 0.1) is 19.1 Å². The summed E-state index contributed by atoms with van der Waals surface area (Å²) in [6.07, 6.45) is 0.0920. The topological polar surface area (TPSA) is 95.9 Å². The zero-order valence-electron chi connectivity index (χ0n) is 12.2. The number of urea groups is 1. The Morgan fingerprint density at radius 1 is 1.33 bits per heavy atom. The van der Waals surface area contributed by atoms with E-state index in [4.69, 9.17) is 5.11 Å². The van der Waals surface area contributed by atoms with Gasteiger partial charge >= 0.3 is 18.0 Å². The molecule has 2 amide bonds. The number of hydrogen-bond acceptors (Lipinski definition) is 4. The lowest BCUT2D eigenvalue weighted by atomic mass is 10.1. The van der Waals surface area contributed by atoms with Gasteiger partial charge in [0, 0.05) is 19.3 Å². The Labute approximate surface area is 122 Å². The normalized spacial score (nSPS) is 9.86. The molecule has 0 atom stereocenters. The molecule has 0 heterocycles. The molecular formula is C14H18N2O5. The highest BCUT2D eigenvalue weighted by molar-refractivity contribution is 5.94. The van der Waals surface area contributed by atoms with Crippen molar-refractivity contribution < 1.29 is 24.2 Å². The maximum Gasteiger partial charge on any atom is 0.336 e. The van der Waals surface area contributed by atoms with Gasteiger partial charge in [0.15, 0.2) is 0 Å². The third-order valence-corrected chi connectivity index (χ3v) is 2.94. The first-order valence-electron chi connectivity index (χ1n) is 6.28. The van der Waals surface area contributed by atoms with Crippen molar-refractivity contribution in [3.8, 4) is 0 Å². The molecule has 0 fully saturated rings. The molecule has 0 saturated carbocycles. The summed E-state index contributed by atoms with van der Waals surface area (Å²) in [7, 11) is 2.81. The quantitative estimate of drug-likeness (QED) is 0.806. The number of ether oxygens (including phenoxy) is 1. The Bertz CT molecular complexity index is 556. The Hall–Kier alpha value is -2.57. The number of carbonyl (C=O) groups is 3. The van der Waals surface area contributed by atoms with Crippen LogP contribution in [0.2, 0.25) is 0 Å². The number of esters is 1. The summed E-state index contributed by atoms with van der Waals surface area (Å²) in [6.45, 7) is 1.88. The molecule has 7 nitrogen and oxygen atoms in total. The van der Waals surface area contributed by atoms with Crippen LogP contribution in [0.3, 0.4) is 0 Å². The molecule has 21 heavy (non-hydrogen) atoms. The van der Waals surface area contributed by atoms with Crippen LogP contribution in [-0.2, 0) is 9.53 Å². The van der Waals surface area contributed by atoms with Crippen LogP contribution in [-0.4, -0.2) is 48.7 Å². The molecule has 1 rings (SSSR count). The first-order chi connectivity index (χ1) is 9.85. The molecule has 0 aliphatic carbocycles. The Morgan fingerprint density at radius 3 is 2.57 bits per heavy atom. The number of amides is 2. The van der Waals surface area contributed by atoms with E-state index in [0.29, 0.717) is 11.3 Å². The van der Waals surface area contributed by atoms with Crippen LogP contribution in [0.25, 0.3) is 0 Å². The summed E-state index contributed by atoms with van der Waals surface area (Å²) in [5.41, 5.74) is 1.12. The van der Waals surface area contributed by atoms with Gasteiger partial charge in [-0.1, -0.05) is 6.07 Å². The van der Waals surface area contributed by atoms with Crippen LogP contribution in [0.4, 0.5) is 10.5 Å². The summed E-state index contributed by atoms with van der Waals surface area (Å²) in [5, 5.41) is 11.6. The summed E-state index contributed by atoms with van der Waals surface area (Å²) in [5.74, 6) is -1.46. The Balaban J connectivity index is 2.68. The van der Waals surface area contributed by atoms with E-state index in [0.717, 1.165) is 0 Å². The number of nitrogens with one attached hydrogen (secondary N) is 1. The molecule has 0 unspecified atom stereocenters. The van der Waals surface area contributed by atoms with Crippen molar-refractivity contribution >= 4 is 23.7 Å². The maximum atomic E-state index is 11.9. The third-order valence-electron chi connectivity index (χ3n) is 2.94. The standard InChI is InChI=1S/C14H18N2O5/c1-9-4-5-10(8-11(9)13(18)19)15-14(20)16(2)7-6-12(17)21-3/h4-5,8H,6-7H2,1-3H3,(H,15,20)(H,18,19). The van der Waals surface area contributed by atoms with E-state index in [9.17, 15) is 14.4 Å². The van der Waals surface area contributed by atoms with Crippen LogP contribution in [0.15, 0.2) is 18.2 Å². The molecule has 0 aliphatic rings. The average Bonchev–Trinajstić information content (AvgIpc) is 2.45. The van der Waals surface area contributed by atoms with E-state index in [1.807, 2.05) is 0 Å². The number of carboxylic acids is 1. The van der Waals surface area contributed by atoms with E-state index in [2.05, 4.69) is 10.1 Å². The van der Waals surface area contributed by atoms with Crippen LogP contribution in [0.5, 0.6) is 0 Å². The SMILES string of the molecule is COC(=O)CCN(C)C(=O)Nc1ccc(C)c(C(=O)O)c1. The van der Waals surface area contributed by atoms with Gasteiger partial charge in [-0.05, 0) is 24.6 Å². The largest absolute Gasteiger partial charge is 0.478 e. The fourth-order valence-corrected chi connectivity index (χ4v) is 1.61. The lowest BCUT2D eigenvalue weighted by molar-refractivity contribution is -0.140. The zero-order valence-corrected chi connectivity index (χ0v) is 12.2. The van der Waals surface area contributed by atoms with Crippen molar-refractivity contribution in [2.75, 3.05) is 26.0 Å². The summed E-state index contributed by atoms with van der Waals surface area (Å²) >= 11 is 0. The van der Waals surface area contributed by atoms with Gasteiger partial charge in [-0.3, -0.25) is 4.79 Å². The number of anilines is 1. The number of carboxylic acid groups (broad SMARTS) is 1. The predicted molar refractivity (Wildman–Crippen MR) is 76.4 cm³/mol. The highest BCUT2D eigenvalue weighted by atomic mass is 16.5. The molecule has 2 N–H and O–H groups in total. The smallest absolute Gasteiger partial charge is 0.336 e. The molecule has 1 aromatic carbocycles. The van der Waals surface area contributed by atoms with Crippen LogP contribution >= 0.6 is 0 Å². The molecular weight excluding hydrogens is 276 g/mol. The predicted octanol–water partition coefficient (Wildman–Crippen LogP) is 1.72. The van der Waals surface area contributed by atoms with Crippen molar-refractivity contribution in [1.82, 2.24) is 4.90 Å².